The lowest BCUT2D eigenvalue weighted by atomic mass is 9.98. The van der Waals surface area contributed by atoms with Gasteiger partial charge in [0.15, 0.2) is 0 Å². The maximum Gasteiger partial charge on any atom is 0.124 e. The Morgan fingerprint density at radius 3 is 2.67 bits per heavy atom. The minimum atomic E-state index is -0.380. The molecule has 21 heavy (non-hydrogen) atoms. The van der Waals surface area contributed by atoms with Crippen LogP contribution in [-0.2, 0) is 0 Å². The van der Waals surface area contributed by atoms with Crippen LogP contribution in [0.15, 0.2) is 42.5 Å². The minimum Gasteiger partial charge on any atom is -0.493 e. The molecule has 1 unspecified atom stereocenters. The number of hydrogen-bond donors (Lipinski definition) is 2. The van der Waals surface area contributed by atoms with E-state index in [-0.39, 0.29) is 11.9 Å². The van der Waals surface area contributed by atoms with Gasteiger partial charge in [0, 0.05) is 10.6 Å². The zero-order chi connectivity index (χ0) is 15.2. The zero-order valence-electron chi connectivity index (χ0n) is 11.8. The molecule has 0 spiro atoms. The first-order valence-corrected chi connectivity index (χ1v) is 7.18. The third-order valence-electron chi connectivity index (χ3n) is 3.13. The van der Waals surface area contributed by atoms with E-state index in [1.807, 2.05) is 31.2 Å². The summed E-state index contributed by atoms with van der Waals surface area (Å²) in [6, 6.07) is 11.5. The molecule has 0 aliphatic carbocycles. The lowest BCUT2D eigenvalue weighted by Gasteiger charge is -2.21. The second-order valence-electron chi connectivity index (χ2n) is 4.65. The van der Waals surface area contributed by atoms with E-state index in [4.69, 9.17) is 22.2 Å². The predicted octanol–water partition coefficient (Wildman–Crippen LogP) is 3.82. The average Bonchev–Trinajstić information content (AvgIpc) is 2.49. The summed E-state index contributed by atoms with van der Waals surface area (Å²) in [5.41, 5.74) is 4.29. The number of hydrazine groups is 1. The van der Waals surface area contributed by atoms with Crippen LogP contribution < -0.4 is 16.0 Å². The molecular formula is C16H18ClFN2O. The Labute approximate surface area is 128 Å². The number of nitrogens with two attached hydrogens (primary N) is 1. The molecule has 2 aromatic rings. The van der Waals surface area contributed by atoms with Gasteiger partial charge in [-0.05, 0) is 30.2 Å². The van der Waals surface area contributed by atoms with Crippen LogP contribution in [-0.4, -0.2) is 6.61 Å². The molecule has 1 atom stereocenters. The highest BCUT2D eigenvalue weighted by Crippen LogP contribution is 2.33. The Kier molecular flexibility index (Phi) is 5.56. The van der Waals surface area contributed by atoms with E-state index in [2.05, 4.69) is 5.43 Å². The first-order chi connectivity index (χ1) is 10.2. The summed E-state index contributed by atoms with van der Waals surface area (Å²) in [7, 11) is 0. The Morgan fingerprint density at radius 2 is 2.00 bits per heavy atom. The number of nitrogens with one attached hydrogen (secondary N) is 1. The van der Waals surface area contributed by atoms with Crippen molar-refractivity contribution in [3.63, 3.8) is 0 Å². The molecular weight excluding hydrogens is 291 g/mol. The van der Waals surface area contributed by atoms with Crippen molar-refractivity contribution in [2.75, 3.05) is 6.61 Å². The minimum absolute atomic E-state index is 0.322. The van der Waals surface area contributed by atoms with Crippen molar-refractivity contribution in [3.8, 4) is 5.75 Å². The van der Waals surface area contributed by atoms with Crippen molar-refractivity contribution >= 4 is 11.6 Å². The van der Waals surface area contributed by atoms with Gasteiger partial charge in [-0.25, -0.2) is 9.82 Å². The summed E-state index contributed by atoms with van der Waals surface area (Å²) in [6.07, 6.45) is 0.909. The molecule has 3 N–H and O–H groups in total. The summed E-state index contributed by atoms with van der Waals surface area (Å²) in [5, 5.41) is 0.322. The van der Waals surface area contributed by atoms with Crippen molar-refractivity contribution in [1.82, 2.24) is 5.43 Å². The highest BCUT2D eigenvalue weighted by molar-refractivity contribution is 6.31. The second kappa shape index (κ2) is 7.41. The molecule has 0 heterocycles. The van der Waals surface area contributed by atoms with Crippen LogP contribution in [0.3, 0.4) is 0 Å². The predicted molar refractivity (Wildman–Crippen MR) is 82.8 cm³/mol. The molecule has 0 bridgehead atoms. The van der Waals surface area contributed by atoms with Crippen molar-refractivity contribution in [2.45, 2.75) is 19.4 Å². The van der Waals surface area contributed by atoms with E-state index >= 15 is 0 Å². The van der Waals surface area contributed by atoms with Crippen molar-refractivity contribution in [1.29, 1.82) is 0 Å². The van der Waals surface area contributed by atoms with Gasteiger partial charge in [0.1, 0.15) is 11.6 Å². The van der Waals surface area contributed by atoms with Gasteiger partial charge in [-0.1, -0.05) is 42.8 Å². The van der Waals surface area contributed by atoms with Crippen LogP contribution in [0.1, 0.15) is 30.5 Å². The highest BCUT2D eigenvalue weighted by Gasteiger charge is 2.19. The smallest absolute Gasteiger partial charge is 0.124 e. The van der Waals surface area contributed by atoms with E-state index in [9.17, 15) is 4.39 Å². The van der Waals surface area contributed by atoms with Crippen molar-refractivity contribution < 1.29 is 9.13 Å². The summed E-state index contributed by atoms with van der Waals surface area (Å²) in [4.78, 5) is 0. The molecule has 5 heteroatoms. The molecule has 0 aromatic heterocycles. The van der Waals surface area contributed by atoms with Crippen molar-refractivity contribution in [2.24, 2.45) is 5.84 Å². The van der Waals surface area contributed by atoms with Crippen molar-refractivity contribution in [3.05, 3.63) is 64.4 Å². The first kappa shape index (κ1) is 15.8. The van der Waals surface area contributed by atoms with E-state index in [1.54, 1.807) is 6.07 Å². The lowest BCUT2D eigenvalue weighted by Crippen LogP contribution is -2.29. The quantitative estimate of drug-likeness (QED) is 0.630. The standard InChI is InChI=1S/C16H18ClFN2O/c1-2-9-21-15-6-4-3-5-13(15)16(20-19)12-8-7-11(18)10-14(12)17/h3-8,10,16,20H,2,9,19H2,1H3. The summed E-state index contributed by atoms with van der Waals surface area (Å²) in [5.74, 6) is 6.04. The van der Waals surface area contributed by atoms with Gasteiger partial charge < -0.3 is 4.74 Å². The van der Waals surface area contributed by atoms with Gasteiger partial charge >= 0.3 is 0 Å². The monoisotopic (exact) mass is 308 g/mol. The van der Waals surface area contributed by atoms with Gasteiger partial charge in [-0.3, -0.25) is 5.84 Å². The first-order valence-electron chi connectivity index (χ1n) is 6.80. The van der Waals surface area contributed by atoms with Crippen LogP contribution in [0.25, 0.3) is 0 Å². The van der Waals surface area contributed by atoms with Crippen LogP contribution in [0.5, 0.6) is 5.75 Å². The molecule has 0 saturated heterocycles. The molecule has 0 fully saturated rings. The third kappa shape index (κ3) is 3.73. The largest absolute Gasteiger partial charge is 0.493 e. The van der Waals surface area contributed by atoms with Gasteiger partial charge in [0.05, 0.1) is 12.6 Å². The Morgan fingerprint density at radius 1 is 1.24 bits per heavy atom. The molecule has 0 radical (unpaired) electrons. The molecule has 0 amide bonds. The number of benzene rings is 2. The Balaban J connectivity index is 2.41. The number of rotatable bonds is 6. The number of hydrogen-bond acceptors (Lipinski definition) is 3. The fraction of sp³-hybridized carbons (Fsp3) is 0.250. The molecule has 2 aromatic carbocycles. The van der Waals surface area contributed by atoms with Crippen LogP contribution in [0.2, 0.25) is 5.02 Å². The normalized spacial score (nSPS) is 12.2. The fourth-order valence-corrected chi connectivity index (χ4v) is 2.42. The summed E-state index contributed by atoms with van der Waals surface area (Å²) >= 11 is 6.13. The Bertz CT molecular complexity index is 607. The maximum absolute atomic E-state index is 13.2. The number of ether oxygens (including phenoxy) is 1. The summed E-state index contributed by atoms with van der Waals surface area (Å²) in [6.45, 7) is 2.66. The summed E-state index contributed by atoms with van der Waals surface area (Å²) < 4.78 is 18.9. The average molecular weight is 309 g/mol. The molecule has 0 aliphatic heterocycles. The zero-order valence-corrected chi connectivity index (χ0v) is 12.5. The van der Waals surface area contributed by atoms with E-state index in [0.717, 1.165) is 17.7 Å². The molecule has 112 valence electrons. The molecule has 0 aliphatic rings. The molecule has 3 nitrogen and oxygen atoms in total. The fourth-order valence-electron chi connectivity index (χ4n) is 2.15. The highest BCUT2D eigenvalue weighted by atomic mass is 35.5. The van der Waals surface area contributed by atoms with Gasteiger partial charge in [-0.2, -0.15) is 0 Å². The maximum atomic E-state index is 13.2. The topological polar surface area (TPSA) is 47.3 Å². The lowest BCUT2D eigenvalue weighted by molar-refractivity contribution is 0.311. The third-order valence-corrected chi connectivity index (χ3v) is 3.46. The van der Waals surface area contributed by atoms with Crippen LogP contribution in [0.4, 0.5) is 4.39 Å². The SMILES string of the molecule is CCCOc1ccccc1C(NN)c1ccc(F)cc1Cl. The number of para-hydroxylation sites is 1. The Hall–Kier alpha value is -1.62. The van der Waals surface area contributed by atoms with Gasteiger partial charge in [0.25, 0.3) is 0 Å². The molecule has 0 saturated carbocycles. The van der Waals surface area contributed by atoms with E-state index < -0.39 is 0 Å². The molecule has 2 rings (SSSR count). The van der Waals surface area contributed by atoms with Gasteiger partial charge in [-0.15, -0.1) is 0 Å². The van der Waals surface area contributed by atoms with E-state index in [1.165, 1.54) is 12.1 Å². The second-order valence-corrected chi connectivity index (χ2v) is 5.06. The van der Waals surface area contributed by atoms with Gasteiger partial charge in [0.2, 0.25) is 0 Å². The van der Waals surface area contributed by atoms with Crippen LogP contribution in [0, 0.1) is 5.82 Å². The number of halogens is 2. The van der Waals surface area contributed by atoms with Crippen LogP contribution >= 0.6 is 11.6 Å². The van der Waals surface area contributed by atoms with E-state index in [0.29, 0.717) is 17.2 Å².